The summed E-state index contributed by atoms with van der Waals surface area (Å²) in [7, 11) is 1.65. The van der Waals surface area contributed by atoms with Gasteiger partial charge in [-0.25, -0.2) is 5.43 Å². The molecular weight excluding hydrogens is 256 g/mol. The molecule has 0 spiro atoms. The van der Waals surface area contributed by atoms with Gasteiger partial charge in [-0.05, 0) is 31.5 Å². The highest BCUT2D eigenvalue weighted by atomic mass is 16.5. The zero-order valence-electron chi connectivity index (χ0n) is 11.8. The van der Waals surface area contributed by atoms with Gasteiger partial charge in [0.25, 0.3) is 0 Å². The molecule has 0 aliphatic carbocycles. The molecule has 6 nitrogen and oxygen atoms in total. The summed E-state index contributed by atoms with van der Waals surface area (Å²) in [6.45, 7) is 2.82. The first-order valence-corrected chi connectivity index (χ1v) is 7.14. The van der Waals surface area contributed by atoms with Crippen LogP contribution in [0.4, 0.5) is 0 Å². The van der Waals surface area contributed by atoms with Gasteiger partial charge in [0.15, 0.2) is 0 Å². The molecule has 3 atom stereocenters. The van der Waals surface area contributed by atoms with E-state index in [1.807, 2.05) is 12.1 Å². The Balaban J connectivity index is 1.79. The summed E-state index contributed by atoms with van der Waals surface area (Å²) < 4.78 is 11.4. The Labute approximate surface area is 119 Å². The third-order valence-corrected chi connectivity index (χ3v) is 4.28. The van der Waals surface area contributed by atoms with Gasteiger partial charge < -0.3 is 9.47 Å². The van der Waals surface area contributed by atoms with Crippen molar-refractivity contribution < 1.29 is 9.47 Å². The van der Waals surface area contributed by atoms with E-state index in [1.165, 1.54) is 12.8 Å². The molecule has 1 aromatic rings. The van der Waals surface area contributed by atoms with Gasteiger partial charge in [0.2, 0.25) is 0 Å². The summed E-state index contributed by atoms with van der Waals surface area (Å²) in [6, 6.07) is 4.17. The van der Waals surface area contributed by atoms with Crippen LogP contribution in [0.3, 0.4) is 0 Å². The standard InChI is InChI=1S/C14H22N4O2/c1-19-11-5-2-6-16-13(11)14(17-15)12-8-18-7-3-4-10(18)9-20-12/h2,5-6,10,12,14,17H,3-4,7-9,15H2,1H3. The van der Waals surface area contributed by atoms with Crippen LogP contribution in [0, 0.1) is 0 Å². The predicted octanol–water partition coefficient (Wildman–Crippen LogP) is 0.458. The molecule has 0 saturated carbocycles. The first-order valence-electron chi connectivity index (χ1n) is 7.14. The monoisotopic (exact) mass is 278 g/mol. The summed E-state index contributed by atoms with van der Waals surface area (Å²) in [5.74, 6) is 6.49. The summed E-state index contributed by atoms with van der Waals surface area (Å²) >= 11 is 0. The van der Waals surface area contributed by atoms with E-state index in [1.54, 1.807) is 13.3 Å². The third kappa shape index (κ3) is 2.52. The van der Waals surface area contributed by atoms with E-state index in [-0.39, 0.29) is 12.1 Å². The lowest BCUT2D eigenvalue weighted by molar-refractivity contribution is -0.0661. The number of nitrogens with one attached hydrogen (secondary N) is 1. The van der Waals surface area contributed by atoms with Crippen LogP contribution < -0.4 is 16.0 Å². The topological polar surface area (TPSA) is 72.6 Å². The van der Waals surface area contributed by atoms with Gasteiger partial charge in [-0.2, -0.15) is 0 Å². The van der Waals surface area contributed by atoms with E-state index >= 15 is 0 Å². The van der Waals surface area contributed by atoms with Crippen LogP contribution >= 0.6 is 0 Å². The van der Waals surface area contributed by atoms with Crippen LogP contribution in [0.15, 0.2) is 18.3 Å². The summed E-state index contributed by atoms with van der Waals surface area (Å²) in [5, 5.41) is 0. The van der Waals surface area contributed by atoms with Crippen molar-refractivity contribution in [2.24, 2.45) is 5.84 Å². The Morgan fingerprint density at radius 3 is 3.30 bits per heavy atom. The molecule has 1 aromatic heterocycles. The maximum absolute atomic E-state index is 6.02. The number of pyridine rings is 1. The lowest BCUT2D eigenvalue weighted by Gasteiger charge is -2.38. The first kappa shape index (κ1) is 13.8. The second-order valence-electron chi connectivity index (χ2n) is 5.40. The number of fused-ring (bicyclic) bond motifs is 1. The minimum absolute atomic E-state index is 0.00171. The number of methoxy groups -OCH3 is 1. The number of aromatic nitrogens is 1. The molecule has 3 heterocycles. The first-order chi connectivity index (χ1) is 9.83. The van der Waals surface area contributed by atoms with Crippen LogP contribution in [0.2, 0.25) is 0 Å². The van der Waals surface area contributed by atoms with Crippen molar-refractivity contribution in [3.63, 3.8) is 0 Å². The Morgan fingerprint density at radius 1 is 1.60 bits per heavy atom. The Kier molecular flexibility index (Phi) is 4.16. The van der Waals surface area contributed by atoms with Gasteiger partial charge in [0.1, 0.15) is 11.4 Å². The lowest BCUT2D eigenvalue weighted by Crippen LogP contribution is -2.52. The molecule has 3 unspecified atom stereocenters. The van der Waals surface area contributed by atoms with Crippen LogP contribution in [0.25, 0.3) is 0 Å². The molecule has 0 aromatic carbocycles. The van der Waals surface area contributed by atoms with Crippen molar-refractivity contribution >= 4 is 0 Å². The molecule has 2 fully saturated rings. The molecule has 2 saturated heterocycles. The van der Waals surface area contributed by atoms with Crippen molar-refractivity contribution in [1.82, 2.24) is 15.3 Å². The average Bonchev–Trinajstić information content (AvgIpc) is 2.96. The highest BCUT2D eigenvalue weighted by Crippen LogP contribution is 2.31. The summed E-state index contributed by atoms with van der Waals surface area (Å²) in [5.41, 5.74) is 3.65. The van der Waals surface area contributed by atoms with Crippen molar-refractivity contribution in [3.05, 3.63) is 24.0 Å². The van der Waals surface area contributed by atoms with Crippen LogP contribution in [0.5, 0.6) is 5.75 Å². The van der Waals surface area contributed by atoms with Gasteiger partial charge in [-0.3, -0.25) is 15.7 Å². The molecule has 0 radical (unpaired) electrons. The van der Waals surface area contributed by atoms with Crippen molar-refractivity contribution in [3.8, 4) is 5.75 Å². The molecule has 0 amide bonds. The predicted molar refractivity (Wildman–Crippen MR) is 75.2 cm³/mol. The molecule has 3 N–H and O–H groups in total. The smallest absolute Gasteiger partial charge is 0.142 e. The van der Waals surface area contributed by atoms with Crippen LogP contribution in [-0.4, -0.2) is 48.8 Å². The van der Waals surface area contributed by atoms with Crippen LogP contribution in [0.1, 0.15) is 24.6 Å². The minimum atomic E-state index is -0.160. The van der Waals surface area contributed by atoms with Gasteiger partial charge in [0, 0.05) is 18.8 Å². The summed E-state index contributed by atoms with van der Waals surface area (Å²) in [6.07, 6.45) is 4.25. The molecule has 0 bridgehead atoms. The van der Waals surface area contributed by atoms with E-state index in [2.05, 4.69) is 15.3 Å². The number of rotatable bonds is 4. The minimum Gasteiger partial charge on any atom is -0.495 e. The average molecular weight is 278 g/mol. The van der Waals surface area contributed by atoms with Crippen LogP contribution in [-0.2, 0) is 4.74 Å². The van der Waals surface area contributed by atoms with E-state index in [4.69, 9.17) is 15.3 Å². The molecule has 2 aliphatic heterocycles. The van der Waals surface area contributed by atoms with Crippen molar-refractivity contribution in [1.29, 1.82) is 0 Å². The fourth-order valence-electron chi connectivity index (χ4n) is 3.22. The fourth-order valence-corrected chi connectivity index (χ4v) is 3.22. The number of hydrogen-bond donors (Lipinski definition) is 2. The molecule has 20 heavy (non-hydrogen) atoms. The molecule has 3 rings (SSSR count). The van der Waals surface area contributed by atoms with Crippen molar-refractivity contribution in [2.75, 3.05) is 26.8 Å². The normalized spacial score (nSPS) is 28.1. The van der Waals surface area contributed by atoms with E-state index in [0.29, 0.717) is 6.04 Å². The van der Waals surface area contributed by atoms with Crippen molar-refractivity contribution in [2.45, 2.75) is 31.0 Å². The highest BCUT2D eigenvalue weighted by molar-refractivity contribution is 5.30. The second-order valence-corrected chi connectivity index (χ2v) is 5.40. The fraction of sp³-hybridized carbons (Fsp3) is 0.643. The summed E-state index contributed by atoms with van der Waals surface area (Å²) in [4.78, 5) is 6.91. The molecule has 6 heteroatoms. The molecule has 110 valence electrons. The van der Waals surface area contributed by atoms with E-state index in [9.17, 15) is 0 Å². The zero-order valence-corrected chi connectivity index (χ0v) is 11.8. The van der Waals surface area contributed by atoms with Gasteiger partial charge in [0.05, 0.1) is 25.9 Å². The van der Waals surface area contributed by atoms with E-state index < -0.39 is 0 Å². The highest BCUT2D eigenvalue weighted by Gasteiger charge is 2.37. The zero-order chi connectivity index (χ0) is 13.9. The van der Waals surface area contributed by atoms with Gasteiger partial charge in [-0.15, -0.1) is 0 Å². The molecule has 2 aliphatic rings. The Hall–Kier alpha value is -1.21. The number of hydrazine groups is 1. The Morgan fingerprint density at radius 2 is 2.50 bits per heavy atom. The number of nitrogens with zero attached hydrogens (tertiary/aromatic N) is 2. The van der Waals surface area contributed by atoms with E-state index in [0.717, 1.165) is 31.1 Å². The van der Waals surface area contributed by atoms with Gasteiger partial charge in [-0.1, -0.05) is 0 Å². The lowest BCUT2D eigenvalue weighted by atomic mass is 10.0. The molecular formula is C14H22N4O2. The third-order valence-electron chi connectivity index (χ3n) is 4.28. The Bertz CT molecular complexity index is 457. The second kappa shape index (κ2) is 6.05. The number of ether oxygens (including phenoxy) is 2. The maximum atomic E-state index is 6.02. The quantitative estimate of drug-likeness (QED) is 0.616. The number of hydrogen-bond acceptors (Lipinski definition) is 6. The maximum Gasteiger partial charge on any atom is 0.142 e. The number of nitrogens with two attached hydrogens (primary N) is 1. The van der Waals surface area contributed by atoms with Gasteiger partial charge >= 0.3 is 0 Å². The number of morpholine rings is 1. The SMILES string of the molecule is COc1cccnc1C(NN)C1CN2CCCC2CO1. The largest absolute Gasteiger partial charge is 0.495 e.